The van der Waals surface area contributed by atoms with Gasteiger partial charge in [0.05, 0.1) is 16.7 Å². The largest absolute Gasteiger partial charge is 0.436 e. The number of nitrogens with one attached hydrogen (secondary N) is 1. The number of rotatable bonds is 5. The monoisotopic (exact) mass is 365 g/mol. The van der Waals surface area contributed by atoms with Gasteiger partial charge in [0.25, 0.3) is 0 Å². The predicted molar refractivity (Wildman–Crippen MR) is 72.7 cm³/mol. The Hall–Kier alpha value is -1.05. The molecule has 0 unspecified atom stereocenters. The van der Waals surface area contributed by atoms with Crippen LogP contribution in [-0.4, -0.2) is 21.7 Å². The number of carbonyl (C=O) groups is 1. The molecule has 1 heterocycles. The Bertz CT molecular complexity index is 562. The SMILES string of the molecule is O=C(CCn1nc(C(F)(F)F)c(Br)c1C1CC1)NC1CC1. The second-order valence-electron chi connectivity index (χ2n) is 5.63. The molecule has 1 aromatic heterocycles. The van der Waals surface area contributed by atoms with Crippen LogP contribution in [0.25, 0.3) is 0 Å². The van der Waals surface area contributed by atoms with E-state index in [-0.39, 0.29) is 35.3 Å². The molecule has 2 saturated carbocycles. The second kappa shape index (κ2) is 5.30. The van der Waals surface area contributed by atoms with E-state index in [1.54, 1.807) is 0 Å². The van der Waals surface area contributed by atoms with Gasteiger partial charge in [-0.15, -0.1) is 0 Å². The Morgan fingerprint density at radius 2 is 2.00 bits per heavy atom. The number of halogens is 4. The van der Waals surface area contributed by atoms with Crippen molar-refractivity contribution in [2.45, 2.75) is 56.8 Å². The molecule has 8 heteroatoms. The lowest BCUT2D eigenvalue weighted by Gasteiger charge is -2.07. The molecule has 2 aliphatic rings. The maximum absolute atomic E-state index is 12.9. The fraction of sp³-hybridized carbons (Fsp3) is 0.692. The molecule has 21 heavy (non-hydrogen) atoms. The van der Waals surface area contributed by atoms with Gasteiger partial charge in [0.15, 0.2) is 5.69 Å². The number of aromatic nitrogens is 2. The molecule has 4 nitrogen and oxygen atoms in total. The maximum atomic E-state index is 12.9. The van der Waals surface area contributed by atoms with Gasteiger partial charge in [0.1, 0.15) is 0 Å². The minimum Gasteiger partial charge on any atom is -0.353 e. The average molecular weight is 366 g/mol. The standard InChI is InChI=1S/C13H15BrF3N3O/c14-10-11(7-1-2-7)20(19-12(10)13(15,16)17)6-5-9(21)18-8-3-4-8/h7-8H,1-6H2,(H,18,21). The van der Waals surface area contributed by atoms with Gasteiger partial charge in [-0.2, -0.15) is 18.3 Å². The normalized spacial score (nSPS) is 18.9. The highest BCUT2D eigenvalue weighted by Gasteiger charge is 2.41. The van der Waals surface area contributed by atoms with E-state index in [1.165, 1.54) is 4.68 Å². The van der Waals surface area contributed by atoms with E-state index in [0.717, 1.165) is 25.7 Å². The summed E-state index contributed by atoms with van der Waals surface area (Å²) in [5.74, 6) is -0.00565. The summed E-state index contributed by atoms with van der Waals surface area (Å²) in [6.45, 7) is 0.180. The topological polar surface area (TPSA) is 46.9 Å². The highest BCUT2D eigenvalue weighted by atomic mass is 79.9. The van der Waals surface area contributed by atoms with Crippen molar-refractivity contribution in [2.75, 3.05) is 0 Å². The molecule has 2 aliphatic carbocycles. The number of amides is 1. The highest BCUT2D eigenvalue weighted by molar-refractivity contribution is 9.10. The van der Waals surface area contributed by atoms with Crippen LogP contribution in [0.5, 0.6) is 0 Å². The van der Waals surface area contributed by atoms with E-state index in [4.69, 9.17) is 0 Å². The van der Waals surface area contributed by atoms with Crippen molar-refractivity contribution in [3.8, 4) is 0 Å². The maximum Gasteiger partial charge on any atom is 0.436 e. The van der Waals surface area contributed by atoms with E-state index in [9.17, 15) is 18.0 Å². The third kappa shape index (κ3) is 3.41. The number of hydrogen-bond donors (Lipinski definition) is 1. The Morgan fingerprint density at radius 1 is 1.33 bits per heavy atom. The molecule has 1 aromatic rings. The van der Waals surface area contributed by atoms with Gasteiger partial charge in [-0.3, -0.25) is 9.48 Å². The van der Waals surface area contributed by atoms with Crippen molar-refractivity contribution in [1.29, 1.82) is 0 Å². The van der Waals surface area contributed by atoms with Gasteiger partial charge >= 0.3 is 6.18 Å². The lowest BCUT2D eigenvalue weighted by atomic mass is 10.2. The Morgan fingerprint density at radius 3 is 2.52 bits per heavy atom. The molecule has 3 rings (SSSR count). The lowest BCUT2D eigenvalue weighted by molar-refractivity contribution is -0.142. The average Bonchev–Trinajstić information content (AvgIpc) is 3.27. The molecule has 2 fully saturated rings. The van der Waals surface area contributed by atoms with Gasteiger partial charge < -0.3 is 5.32 Å². The molecule has 0 spiro atoms. The molecule has 0 saturated heterocycles. The summed E-state index contributed by atoms with van der Waals surface area (Å²) >= 11 is 3.03. The first kappa shape index (κ1) is 14.9. The summed E-state index contributed by atoms with van der Waals surface area (Å²) in [7, 11) is 0. The minimum absolute atomic E-state index is 0.0279. The van der Waals surface area contributed by atoms with E-state index in [0.29, 0.717) is 5.69 Å². The number of alkyl halides is 3. The van der Waals surface area contributed by atoms with Gasteiger partial charge in [-0.05, 0) is 41.6 Å². The molecule has 116 valence electrons. The van der Waals surface area contributed by atoms with E-state index >= 15 is 0 Å². The zero-order valence-corrected chi connectivity index (χ0v) is 12.8. The van der Waals surface area contributed by atoms with Crippen LogP contribution in [0.1, 0.15) is 49.4 Å². The summed E-state index contributed by atoms with van der Waals surface area (Å²) < 4.78 is 40.1. The van der Waals surface area contributed by atoms with Gasteiger partial charge in [-0.1, -0.05) is 0 Å². The van der Waals surface area contributed by atoms with Crippen molar-refractivity contribution in [2.24, 2.45) is 0 Å². The summed E-state index contributed by atoms with van der Waals surface area (Å²) in [5.41, 5.74) is -0.325. The number of hydrogen-bond acceptors (Lipinski definition) is 2. The first-order valence-corrected chi connectivity index (χ1v) is 7.78. The van der Waals surface area contributed by atoms with Gasteiger partial charge in [0.2, 0.25) is 5.91 Å². The zero-order valence-electron chi connectivity index (χ0n) is 11.2. The van der Waals surface area contributed by atoms with Crippen LogP contribution in [0, 0.1) is 0 Å². The highest BCUT2D eigenvalue weighted by Crippen LogP contribution is 2.47. The summed E-state index contributed by atoms with van der Waals surface area (Å²) in [5, 5.41) is 6.50. The molecule has 0 aromatic carbocycles. The molecule has 0 atom stereocenters. The summed E-state index contributed by atoms with van der Waals surface area (Å²) in [6.07, 6.45) is -0.605. The molecule has 0 radical (unpaired) electrons. The van der Waals surface area contributed by atoms with Crippen LogP contribution >= 0.6 is 15.9 Å². The first-order chi connectivity index (χ1) is 9.86. The summed E-state index contributed by atoms with van der Waals surface area (Å²) in [6, 6.07) is 0.260. The van der Waals surface area contributed by atoms with Crippen molar-refractivity contribution in [3.63, 3.8) is 0 Å². The Kier molecular flexibility index (Phi) is 3.75. The Labute approximate surface area is 128 Å². The van der Waals surface area contributed by atoms with E-state index < -0.39 is 11.9 Å². The third-order valence-corrected chi connectivity index (χ3v) is 4.44. The van der Waals surface area contributed by atoms with E-state index in [2.05, 4.69) is 26.3 Å². The van der Waals surface area contributed by atoms with Crippen LogP contribution in [0.4, 0.5) is 13.2 Å². The smallest absolute Gasteiger partial charge is 0.353 e. The summed E-state index contributed by atoms with van der Waals surface area (Å²) in [4.78, 5) is 11.7. The van der Waals surface area contributed by atoms with Gasteiger partial charge in [0, 0.05) is 18.4 Å². The van der Waals surface area contributed by atoms with Crippen molar-refractivity contribution < 1.29 is 18.0 Å². The molecule has 0 bridgehead atoms. The number of aryl methyl sites for hydroxylation is 1. The molecular formula is C13H15BrF3N3O. The van der Waals surface area contributed by atoms with Crippen LogP contribution in [0.15, 0.2) is 4.47 Å². The quantitative estimate of drug-likeness (QED) is 0.870. The molecule has 1 N–H and O–H groups in total. The fourth-order valence-corrected chi connectivity index (χ4v) is 3.12. The van der Waals surface area contributed by atoms with Crippen LogP contribution in [0.2, 0.25) is 0 Å². The molecule has 1 amide bonds. The third-order valence-electron chi connectivity index (χ3n) is 3.66. The Balaban J connectivity index is 1.75. The van der Waals surface area contributed by atoms with Crippen LogP contribution < -0.4 is 5.32 Å². The molecule has 0 aliphatic heterocycles. The molecular weight excluding hydrogens is 351 g/mol. The van der Waals surface area contributed by atoms with Gasteiger partial charge in [-0.25, -0.2) is 0 Å². The van der Waals surface area contributed by atoms with Crippen molar-refractivity contribution in [1.82, 2.24) is 15.1 Å². The lowest BCUT2D eigenvalue weighted by Crippen LogP contribution is -2.26. The predicted octanol–water partition coefficient (Wildman–Crippen LogP) is 3.21. The second-order valence-corrected chi connectivity index (χ2v) is 6.43. The van der Waals surface area contributed by atoms with Crippen LogP contribution in [-0.2, 0) is 17.5 Å². The number of nitrogens with zero attached hydrogens (tertiary/aromatic N) is 2. The minimum atomic E-state index is -4.48. The number of carbonyl (C=O) groups excluding carboxylic acids is 1. The zero-order chi connectivity index (χ0) is 15.2. The van der Waals surface area contributed by atoms with Crippen LogP contribution in [0.3, 0.4) is 0 Å². The van der Waals surface area contributed by atoms with Crippen molar-refractivity contribution >= 4 is 21.8 Å². The first-order valence-electron chi connectivity index (χ1n) is 6.99. The fourth-order valence-electron chi connectivity index (χ4n) is 2.29. The van der Waals surface area contributed by atoms with Crippen molar-refractivity contribution in [3.05, 3.63) is 15.9 Å². The van der Waals surface area contributed by atoms with E-state index in [1.807, 2.05) is 0 Å².